The molecule has 1 fully saturated rings. The summed E-state index contributed by atoms with van der Waals surface area (Å²) in [5.41, 5.74) is 1.47. The van der Waals surface area contributed by atoms with E-state index in [1.165, 1.54) is 22.0 Å². The number of non-ortho nitro benzene ring substituents is 1. The topological polar surface area (TPSA) is 83.8 Å². The van der Waals surface area contributed by atoms with Crippen LogP contribution in [0, 0.1) is 17.0 Å². The molecule has 27 heavy (non-hydrogen) atoms. The van der Waals surface area contributed by atoms with Crippen molar-refractivity contribution in [3.8, 4) is 0 Å². The minimum Gasteiger partial charge on any atom is -0.296 e. The molecule has 2 aromatic carbocycles. The summed E-state index contributed by atoms with van der Waals surface area (Å²) in [6.45, 7) is 4.37. The Kier molecular flexibility index (Phi) is 5.95. The van der Waals surface area contributed by atoms with E-state index in [1.54, 1.807) is 6.92 Å². The number of hydrogen-bond donors (Lipinski definition) is 0. The quantitative estimate of drug-likeness (QED) is 0.512. The van der Waals surface area contributed by atoms with Gasteiger partial charge in [-0.15, -0.1) is 0 Å². The lowest BCUT2D eigenvalue weighted by Crippen LogP contribution is -2.48. The average Bonchev–Trinajstić information content (AvgIpc) is 2.64. The van der Waals surface area contributed by atoms with Gasteiger partial charge >= 0.3 is 0 Å². The van der Waals surface area contributed by atoms with Gasteiger partial charge in [0.1, 0.15) is 0 Å². The van der Waals surface area contributed by atoms with E-state index in [-0.39, 0.29) is 10.6 Å². The fraction of sp³-hybridized carbons (Fsp3) is 0.333. The molecule has 3 rings (SSSR count). The van der Waals surface area contributed by atoms with Crippen molar-refractivity contribution in [3.05, 3.63) is 68.2 Å². The van der Waals surface area contributed by atoms with Gasteiger partial charge in [-0.25, -0.2) is 8.42 Å². The van der Waals surface area contributed by atoms with Gasteiger partial charge in [0.15, 0.2) is 0 Å². The van der Waals surface area contributed by atoms with E-state index in [2.05, 4.69) is 20.8 Å². The summed E-state index contributed by atoms with van der Waals surface area (Å²) in [6, 6.07) is 12.0. The van der Waals surface area contributed by atoms with E-state index in [4.69, 9.17) is 0 Å². The zero-order chi connectivity index (χ0) is 19.6. The SMILES string of the molecule is Cc1ccc([N+](=O)[O-])cc1S(=O)(=O)N1CCN(Cc2ccc(Br)cc2)CC1. The second-order valence-electron chi connectivity index (χ2n) is 6.51. The van der Waals surface area contributed by atoms with Crippen LogP contribution in [0.4, 0.5) is 5.69 Å². The highest BCUT2D eigenvalue weighted by Crippen LogP contribution is 2.26. The maximum Gasteiger partial charge on any atom is 0.270 e. The van der Waals surface area contributed by atoms with Crippen molar-refractivity contribution >= 4 is 31.6 Å². The van der Waals surface area contributed by atoms with Crippen LogP contribution in [0.5, 0.6) is 0 Å². The molecule has 1 heterocycles. The van der Waals surface area contributed by atoms with Crippen molar-refractivity contribution in [1.82, 2.24) is 9.21 Å². The zero-order valence-corrected chi connectivity index (χ0v) is 17.2. The summed E-state index contributed by atoms with van der Waals surface area (Å²) in [5, 5.41) is 11.0. The van der Waals surface area contributed by atoms with Crippen LogP contribution in [-0.4, -0.2) is 48.7 Å². The maximum atomic E-state index is 13.0. The zero-order valence-electron chi connectivity index (χ0n) is 14.8. The van der Waals surface area contributed by atoms with Crippen LogP contribution in [0.3, 0.4) is 0 Å². The Morgan fingerprint density at radius 1 is 1.07 bits per heavy atom. The number of piperazine rings is 1. The lowest BCUT2D eigenvalue weighted by molar-refractivity contribution is -0.385. The minimum atomic E-state index is -3.75. The van der Waals surface area contributed by atoms with Crippen LogP contribution < -0.4 is 0 Å². The molecule has 0 N–H and O–H groups in total. The van der Waals surface area contributed by atoms with Gasteiger partial charge in [0.2, 0.25) is 10.0 Å². The largest absolute Gasteiger partial charge is 0.296 e. The summed E-state index contributed by atoms with van der Waals surface area (Å²) in [5.74, 6) is 0. The van der Waals surface area contributed by atoms with Gasteiger partial charge in [-0.2, -0.15) is 4.31 Å². The van der Waals surface area contributed by atoms with Gasteiger partial charge in [-0.1, -0.05) is 34.1 Å². The third kappa shape index (κ3) is 4.55. The van der Waals surface area contributed by atoms with Crippen molar-refractivity contribution < 1.29 is 13.3 Å². The van der Waals surface area contributed by atoms with Gasteiger partial charge in [0.25, 0.3) is 5.69 Å². The number of nitro benzene ring substituents is 1. The van der Waals surface area contributed by atoms with Gasteiger partial charge in [-0.3, -0.25) is 15.0 Å². The van der Waals surface area contributed by atoms with E-state index < -0.39 is 14.9 Å². The van der Waals surface area contributed by atoms with Crippen LogP contribution in [0.25, 0.3) is 0 Å². The minimum absolute atomic E-state index is 0.0121. The number of benzene rings is 2. The van der Waals surface area contributed by atoms with Crippen LogP contribution in [-0.2, 0) is 16.6 Å². The van der Waals surface area contributed by atoms with Gasteiger partial charge in [-0.05, 0) is 30.2 Å². The number of aryl methyl sites for hydroxylation is 1. The van der Waals surface area contributed by atoms with Crippen molar-refractivity contribution in [2.75, 3.05) is 26.2 Å². The molecule has 0 aromatic heterocycles. The maximum absolute atomic E-state index is 13.0. The lowest BCUT2D eigenvalue weighted by atomic mass is 10.2. The number of rotatable bonds is 5. The van der Waals surface area contributed by atoms with E-state index in [0.29, 0.717) is 31.7 Å². The third-order valence-corrected chi connectivity index (χ3v) is 7.22. The van der Waals surface area contributed by atoms with E-state index in [9.17, 15) is 18.5 Å². The molecule has 7 nitrogen and oxygen atoms in total. The summed E-state index contributed by atoms with van der Waals surface area (Å²) in [6.07, 6.45) is 0. The molecular weight excluding hydrogens is 434 g/mol. The van der Waals surface area contributed by atoms with Crippen molar-refractivity contribution in [3.63, 3.8) is 0 Å². The predicted molar refractivity (Wildman–Crippen MR) is 106 cm³/mol. The molecule has 9 heteroatoms. The monoisotopic (exact) mass is 453 g/mol. The Morgan fingerprint density at radius 3 is 2.30 bits per heavy atom. The number of hydrogen-bond acceptors (Lipinski definition) is 5. The van der Waals surface area contributed by atoms with E-state index in [0.717, 1.165) is 17.1 Å². The Bertz CT molecular complexity index is 940. The smallest absolute Gasteiger partial charge is 0.270 e. The molecule has 1 saturated heterocycles. The van der Waals surface area contributed by atoms with Gasteiger partial charge < -0.3 is 0 Å². The van der Waals surface area contributed by atoms with Gasteiger partial charge in [0.05, 0.1) is 9.82 Å². The summed E-state index contributed by atoms with van der Waals surface area (Å²) in [7, 11) is -3.75. The average molecular weight is 454 g/mol. The second kappa shape index (κ2) is 8.05. The molecule has 1 aliphatic heterocycles. The first-order chi connectivity index (χ1) is 12.8. The molecule has 0 radical (unpaired) electrons. The molecule has 0 aliphatic carbocycles. The van der Waals surface area contributed by atoms with Gasteiger partial charge in [0, 0.05) is 49.3 Å². The van der Waals surface area contributed by atoms with E-state index in [1.807, 2.05) is 24.3 Å². The fourth-order valence-electron chi connectivity index (χ4n) is 3.10. The number of nitro groups is 1. The van der Waals surface area contributed by atoms with Crippen LogP contribution in [0.2, 0.25) is 0 Å². The molecule has 0 unspecified atom stereocenters. The molecule has 0 amide bonds. The van der Waals surface area contributed by atoms with Crippen molar-refractivity contribution in [1.29, 1.82) is 0 Å². The first-order valence-corrected chi connectivity index (χ1v) is 10.7. The standard InChI is InChI=1S/C18H20BrN3O4S/c1-14-2-7-17(22(23)24)12-18(14)27(25,26)21-10-8-20(9-11-21)13-15-3-5-16(19)6-4-15/h2-7,12H,8-11,13H2,1H3. The van der Waals surface area contributed by atoms with Crippen LogP contribution >= 0.6 is 15.9 Å². The van der Waals surface area contributed by atoms with Crippen LogP contribution in [0.15, 0.2) is 51.8 Å². The summed E-state index contributed by atoms with van der Waals surface area (Å²) < 4.78 is 28.4. The second-order valence-corrected chi connectivity index (χ2v) is 9.34. The van der Waals surface area contributed by atoms with Crippen molar-refractivity contribution in [2.45, 2.75) is 18.4 Å². The highest BCUT2D eigenvalue weighted by Gasteiger charge is 2.30. The normalized spacial score (nSPS) is 16.4. The fourth-order valence-corrected chi connectivity index (χ4v) is 5.03. The molecule has 144 valence electrons. The lowest BCUT2D eigenvalue weighted by Gasteiger charge is -2.34. The summed E-state index contributed by atoms with van der Waals surface area (Å²) in [4.78, 5) is 12.6. The Labute approximate surface area is 166 Å². The number of halogens is 1. The molecule has 0 saturated carbocycles. The third-order valence-electron chi connectivity index (χ3n) is 4.65. The Morgan fingerprint density at radius 2 is 1.70 bits per heavy atom. The molecule has 0 atom stereocenters. The molecule has 0 bridgehead atoms. The predicted octanol–water partition coefficient (Wildman–Crippen LogP) is 3.17. The molecule has 0 spiro atoms. The number of nitrogens with zero attached hydrogens (tertiary/aromatic N) is 3. The highest BCUT2D eigenvalue weighted by atomic mass is 79.9. The Balaban J connectivity index is 1.70. The molecule has 1 aliphatic rings. The van der Waals surface area contributed by atoms with Crippen LogP contribution in [0.1, 0.15) is 11.1 Å². The number of sulfonamides is 1. The first-order valence-electron chi connectivity index (χ1n) is 8.49. The summed E-state index contributed by atoms with van der Waals surface area (Å²) >= 11 is 3.41. The first kappa shape index (κ1) is 19.9. The van der Waals surface area contributed by atoms with Crippen molar-refractivity contribution in [2.24, 2.45) is 0 Å². The molecular formula is C18H20BrN3O4S. The Hall–Kier alpha value is -1.81. The van der Waals surface area contributed by atoms with E-state index >= 15 is 0 Å². The highest BCUT2D eigenvalue weighted by molar-refractivity contribution is 9.10. The molecule has 2 aromatic rings.